The first-order valence-electron chi connectivity index (χ1n) is 21.5. The molecule has 0 aliphatic rings. The van der Waals surface area contributed by atoms with Gasteiger partial charge in [-0.25, -0.2) is 0 Å². The number of hydrogen-bond donors (Lipinski definition) is 0. The Kier molecular flexibility index (Phi) is 7.20. The lowest BCUT2D eigenvalue weighted by Crippen LogP contribution is -2.10. The van der Waals surface area contributed by atoms with Crippen molar-refractivity contribution in [1.29, 1.82) is 0 Å². The predicted octanol–water partition coefficient (Wildman–Crippen LogP) is 16.0. The van der Waals surface area contributed by atoms with Gasteiger partial charge in [-0.15, -0.1) is 0 Å². The van der Waals surface area contributed by atoms with Gasteiger partial charge in [0.1, 0.15) is 11.2 Å². The van der Waals surface area contributed by atoms with E-state index in [-0.39, 0.29) is 35.4 Å². The maximum Gasteiger partial charge on any atom is 0.143 e. The highest BCUT2D eigenvalue weighted by atomic mass is 16.3. The van der Waals surface area contributed by atoms with E-state index < -0.39 is 0 Å². The van der Waals surface area contributed by atoms with E-state index in [1.807, 2.05) is 102 Å². The van der Waals surface area contributed by atoms with Crippen LogP contribution >= 0.6 is 0 Å². The first kappa shape index (κ1) is 29.6. The van der Waals surface area contributed by atoms with Gasteiger partial charge in [0.15, 0.2) is 0 Å². The van der Waals surface area contributed by atoms with Crippen molar-refractivity contribution in [2.75, 3.05) is 4.90 Å². The Hall–Kier alpha value is -7.68. The molecule has 1 aromatic heterocycles. The largest absolute Gasteiger partial charge is 0.455 e. The van der Waals surface area contributed by atoms with Crippen molar-refractivity contribution >= 4 is 60.5 Å². The maximum absolute atomic E-state index is 9.69. The molecule has 0 spiro atoms. The van der Waals surface area contributed by atoms with Crippen LogP contribution in [0.25, 0.3) is 88.0 Å². The van der Waals surface area contributed by atoms with Crippen molar-refractivity contribution in [2.24, 2.45) is 0 Å². The van der Waals surface area contributed by atoms with Gasteiger partial charge in [0.2, 0.25) is 0 Å². The monoisotopic (exact) mass is 743 g/mol. The Morgan fingerprint density at radius 2 is 0.897 bits per heavy atom. The molecule has 0 aliphatic heterocycles. The summed E-state index contributed by atoms with van der Waals surface area (Å²) in [5.74, 6) is 0. The van der Waals surface area contributed by atoms with Gasteiger partial charge in [-0.2, -0.15) is 0 Å². The summed E-state index contributed by atoms with van der Waals surface area (Å²) >= 11 is 0. The number of rotatable bonds is 7. The summed E-state index contributed by atoms with van der Waals surface area (Å²) in [7, 11) is 0. The fourth-order valence-corrected chi connectivity index (χ4v) is 8.21. The van der Waals surface area contributed by atoms with Crippen LogP contribution in [-0.2, 0) is 0 Å². The average molecular weight is 744 g/mol. The molecular formula is C56H37NO. The van der Waals surface area contributed by atoms with Gasteiger partial charge in [-0.3, -0.25) is 0 Å². The van der Waals surface area contributed by atoms with Crippen LogP contribution in [0.1, 0.15) is 5.48 Å². The van der Waals surface area contributed by atoms with Crippen molar-refractivity contribution in [2.45, 2.75) is 0 Å². The first-order valence-corrected chi connectivity index (χ1v) is 19.5. The Labute approximate surface area is 343 Å². The van der Waals surface area contributed by atoms with E-state index in [1.165, 1.54) is 10.8 Å². The lowest BCUT2D eigenvalue weighted by molar-refractivity contribution is 0.672. The second-order valence-electron chi connectivity index (χ2n) is 14.6. The molecule has 0 unspecified atom stereocenters. The van der Waals surface area contributed by atoms with Gasteiger partial charge in [0, 0.05) is 22.1 Å². The molecule has 0 bridgehead atoms. The molecule has 11 aromatic rings. The minimum absolute atomic E-state index is 0.117. The van der Waals surface area contributed by atoms with Crippen LogP contribution in [0.5, 0.6) is 0 Å². The van der Waals surface area contributed by atoms with Gasteiger partial charge in [0.05, 0.1) is 16.6 Å². The van der Waals surface area contributed by atoms with E-state index >= 15 is 0 Å². The molecule has 0 aliphatic carbocycles. The molecule has 1 heterocycles. The molecule has 11 rings (SSSR count). The normalized spacial score (nSPS) is 12.4. The quantitative estimate of drug-likeness (QED) is 0.162. The smallest absolute Gasteiger partial charge is 0.143 e. The van der Waals surface area contributed by atoms with Gasteiger partial charge in [0.25, 0.3) is 0 Å². The molecule has 10 aromatic carbocycles. The highest BCUT2D eigenvalue weighted by Crippen LogP contribution is 2.45. The maximum atomic E-state index is 9.69. The van der Waals surface area contributed by atoms with Crippen LogP contribution in [0.15, 0.2) is 229 Å². The molecule has 2 nitrogen and oxygen atoms in total. The van der Waals surface area contributed by atoms with Crippen molar-refractivity contribution in [3.8, 4) is 44.5 Å². The van der Waals surface area contributed by atoms with E-state index in [1.54, 1.807) is 0 Å². The Bertz CT molecular complexity index is 3490. The van der Waals surface area contributed by atoms with E-state index in [0.29, 0.717) is 22.5 Å². The minimum atomic E-state index is -0.145. The van der Waals surface area contributed by atoms with Gasteiger partial charge in [-0.1, -0.05) is 164 Å². The second-order valence-corrected chi connectivity index (χ2v) is 14.6. The number of anilines is 3. The zero-order valence-electron chi connectivity index (χ0n) is 35.4. The van der Waals surface area contributed by atoms with Crippen LogP contribution < -0.4 is 4.90 Å². The van der Waals surface area contributed by atoms with Crippen LogP contribution in [0, 0.1) is 0 Å². The van der Waals surface area contributed by atoms with Crippen molar-refractivity contribution in [3.63, 3.8) is 0 Å². The van der Waals surface area contributed by atoms with E-state index in [2.05, 4.69) is 103 Å². The fraction of sp³-hybridized carbons (Fsp3) is 0. The van der Waals surface area contributed by atoms with E-state index in [9.17, 15) is 5.48 Å². The molecule has 0 saturated heterocycles. The molecule has 0 fully saturated rings. The summed E-state index contributed by atoms with van der Waals surface area (Å²) in [5.41, 5.74) is 10.0. The molecule has 58 heavy (non-hydrogen) atoms. The molecule has 272 valence electrons. The third-order valence-corrected chi connectivity index (χ3v) is 11.1. The summed E-state index contributed by atoms with van der Waals surface area (Å²) in [6.07, 6.45) is 0. The molecule has 0 radical (unpaired) electrons. The summed E-state index contributed by atoms with van der Waals surface area (Å²) in [6, 6.07) is 66.8. The van der Waals surface area contributed by atoms with E-state index in [0.717, 1.165) is 60.5 Å². The fourth-order valence-electron chi connectivity index (χ4n) is 8.21. The van der Waals surface area contributed by atoms with Crippen molar-refractivity contribution < 1.29 is 9.90 Å². The second kappa shape index (κ2) is 14.1. The van der Waals surface area contributed by atoms with Gasteiger partial charge < -0.3 is 9.32 Å². The molecule has 2 heteroatoms. The number of hydrogen-bond acceptors (Lipinski definition) is 2. The van der Waals surface area contributed by atoms with Gasteiger partial charge in [-0.05, 0) is 121 Å². The lowest BCUT2D eigenvalue weighted by atomic mass is 9.97. The Morgan fingerprint density at radius 1 is 0.345 bits per heavy atom. The van der Waals surface area contributed by atoms with Crippen LogP contribution in [-0.4, -0.2) is 0 Å². The minimum Gasteiger partial charge on any atom is -0.455 e. The zero-order chi connectivity index (χ0) is 41.9. The number of fused-ring (bicyclic) bond motifs is 6. The lowest BCUT2D eigenvalue weighted by Gasteiger charge is -2.26. The third kappa shape index (κ3) is 6.00. The van der Waals surface area contributed by atoms with Crippen LogP contribution in [0.3, 0.4) is 0 Å². The van der Waals surface area contributed by atoms with Crippen LogP contribution in [0.2, 0.25) is 0 Å². The number of furan rings is 1. The Morgan fingerprint density at radius 3 is 1.66 bits per heavy atom. The topological polar surface area (TPSA) is 16.4 Å². The van der Waals surface area contributed by atoms with Gasteiger partial charge >= 0.3 is 0 Å². The highest BCUT2D eigenvalue weighted by Gasteiger charge is 2.21. The molecule has 0 atom stereocenters. The van der Waals surface area contributed by atoms with Crippen molar-refractivity contribution in [1.82, 2.24) is 0 Å². The average Bonchev–Trinajstić information content (AvgIpc) is 3.73. The zero-order valence-corrected chi connectivity index (χ0v) is 31.4. The number of nitrogens with zero attached hydrogens (tertiary/aromatic N) is 1. The highest BCUT2D eigenvalue weighted by molar-refractivity contribution is 6.19. The third-order valence-electron chi connectivity index (χ3n) is 11.1. The van der Waals surface area contributed by atoms with E-state index in [4.69, 9.17) is 4.42 Å². The summed E-state index contributed by atoms with van der Waals surface area (Å²) in [5, 5.41) is 6.15. The Balaban J connectivity index is 1.08. The van der Waals surface area contributed by atoms with Crippen molar-refractivity contribution in [3.05, 3.63) is 224 Å². The SMILES string of the molecule is [2H]c1c([2H])c(N(c2ccc(-c3cccc(-c4ccc5ccccc5c4)c3)cc2)c2cccc3oc4c5ccccc5ccc4c23)c([2H])c([2H])c1-c1cccc(-c2ccccc2)c1. The standard InChI is InChI=1S/C56H37NO/c1-2-11-38(12-3-1)44-16-8-17-45(35-44)40-25-30-49(31-26-40)57(53-21-10-22-54-55(53)52-34-29-42-14-6-7-20-51(42)56(52)58-54)50-32-27-41(28-33-50)46-18-9-19-47(36-46)48-24-23-39-13-4-5-15-43(39)37-48/h1-37H/i25D,26D,30D,31D. The summed E-state index contributed by atoms with van der Waals surface area (Å²) < 4.78 is 45.0. The summed E-state index contributed by atoms with van der Waals surface area (Å²) in [4.78, 5) is 1.87. The molecule has 0 N–H and O–H groups in total. The summed E-state index contributed by atoms with van der Waals surface area (Å²) in [6.45, 7) is 0. The number of benzene rings is 10. The molecule has 0 saturated carbocycles. The molecular weight excluding hydrogens is 703 g/mol. The predicted molar refractivity (Wildman–Crippen MR) is 245 cm³/mol. The molecule has 0 amide bonds. The first-order chi connectivity index (χ1) is 30.4. The van der Waals surface area contributed by atoms with Crippen LogP contribution in [0.4, 0.5) is 17.1 Å².